The van der Waals surface area contributed by atoms with E-state index in [1.807, 2.05) is 6.08 Å². The van der Waals surface area contributed by atoms with Crippen molar-refractivity contribution in [1.29, 1.82) is 5.26 Å². The van der Waals surface area contributed by atoms with Crippen LogP contribution in [-0.4, -0.2) is 5.78 Å². The van der Waals surface area contributed by atoms with Gasteiger partial charge in [0.1, 0.15) is 0 Å². The Labute approximate surface area is 149 Å². The van der Waals surface area contributed by atoms with Gasteiger partial charge in [0.25, 0.3) is 0 Å². The maximum Gasteiger partial charge on any atom is 0.155 e. The maximum atomic E-state index is 12.0. The minimum atomic E-state index is 0. The first-order chi connectivity index (χ1) is 11.4. The fraction of sp³-hybridized carbons (Fsp3) is 0.818. The molecule has 2 nitrogen and oxygen atoms in total. The van der Waals surface area contributed by atoms with Crippen LogP contribution >= 0.6 is 0 Å². The molecule has 24 heavy (non-hydrogen) atoms. The molecule has 0 radical (unpaired) electrons. The molecule has 134 valence electrons. The summed E-state index contributed by atoms with van der Waals surface area (Å²) in [6, 6.07) is 2.65. The van der Waals surface area contributed by atoms with Crippen LogP contribution in [0, 0.1) is 51.8 Å². The zero-order valence-electron chi connectivity index (χ0n) is 15.5. The molecule has 4 aliphatic carbocycles. The summed E-state index contributed by atoms with van der Waals surface area (Å²) in [7, 11) is 0. The second-order valence-corrected chi connectivity index (χ2v) is 9.52. The summed E-state index contributed by atoms with van der Waals surface area (Å²) in [4.78, 5) is 12.0. The molecule has 0 saturated heterocycles. The molecule has 0 aliphatic heterocycles. The minimum absolute atomic E-state index is 0. The molecule has 0 spiro atoms. The van der Waals surface area contributed by atoms with Crippen molar-refractivity contribution in [3.8, 4) is 6.07 Å². The number of rotatable bonds is 1. The van der Waals surface area contributed by atoms with Crippen LogP contribution in [0.4, 0.5) is 0 Å². The largest absolute Gasteiger partial charge is 0.295 e. The molecule has 0 amide bonds. The Balaban J connectivity index is 0.00000121. The quantitative estimate of drug-likeness (QED) is 0.611. The zero-order chi connectivity index (χ0) is 17.1. The van der Waals surface area contributed by atoms with Gasteiger partial charge in [0.05, 0.1) is 12.0 Å². The summed E-state index contributed by atoms with van der Waals surface area (Å²) in [5.74, 6) is 3.54. The molecule has 2 heteroatoms. The molecule has 3 saturated carbocycles. The van der Waals surface area contributed by atoms with E-state index in [-0.39, 0.29) is 19.6 Å². The Bertz CT molecular complexity index is 639. The molecule has 0 heterocycles. The smallest absolute Gasteiger partial charge is 0.155 e. The molecule has 0 aromatic carbocycles. The van der Waals surface area contributed by atoms with Crippen LogP contribution in [0.3, 0.4) is 0 Å². The highest BCUT2D eigenvalue weighted by Crippen LogP contribution is 2.68. The van der Waals surface area contributed by atoms with Gasteiger partial charge in [-0.05, 0) is 79.1 Å². The molecule has 4 rings (SSSR count). The van der Waals surface area contributed by atoms with Crippen LogP contribution in [0.1, 0.15) is 75.0 Å². The van der Waals surface area contributed by atoms with Crippen molar-refractivity contribution in [3.05, 3.63) is 11.6 Å². The SMILES string of the molecule is CC[C@@H]1CC2=CC(=O)CC[C@]2(C)[C@H]2CC[C@]3(C)[C@@H](C#N)CC[C@H]3[C@H]12.[HH].[HH]. The van der Waals surface area contributed by atoms with Gasteiger partial charge in [0.2, 0.25) is 0 Å². The van der Waals surface area contributed by atoms with Gasteiger partial charge >= 0.3 is 0 Å². The summed E-state index contributed by atoms with van der Waals surface area (Å²) in [6.07, 6.45) is 11.0. The van der Waals surface area contributed by atoms with E-state index in [9.17, 15) is 10.1 Å². The number of ketones is 1. The van der Waals surface area contributed by atoms with Crippen LogP contribution in [0.5, 0.6) is 0 Å². The number of hydrogen-bond donors (Lipinski definition) is 0. The molecular formula is C22H35NO. The summed E-state index contributed by atoms with van der Waals surface area (Å²) in [5, 5.41) is 9.66. The predicted octanol–water partition coefficient (Wildman–Crippen LogP) is 5.79. The van der Waals surface area contributed by atoms with Crippen LogP contribution in [-0.2, 0) is 4.79 Å². The summed E-state index contributed by atoms with van der Waals surface area (Å²) in [5.41, 5.74) is 1.95. The van der Waals surface area contributed by atoms with E-state index in [0.29, 0.717) is 11.7 Å². The van der Waals surface area contributed by atoms with Crippen molar-refractivity contribution in [3.63, 3.8) is 0 Å². The van der Waals surface area contributed by atoms with Crippen molar-refractivity contribution in [2.45, 2.75) is 72.1 Å². The summed E-state index contributed by atoms with van der Waals surface area (Å²) >= 11 is 0. The number of carbonyl (C=O) groups is 1. The van der Waals surface area contributed by atoms with Crippen LogP contribution in [0.15, 0.2) is 11.6 Å². The number of carbonyl (C=O) groups excluding carboxylic acids is 1. The number of hydrogen-bond acceptors (Lipinski definition) is 2. The molecular weight excluding hydrogens is 294 g/mol. The van der Waals surface area contributed by atoms with E-state index in [4.69, 9.17) is 0 Å². The van der Waals surface area contributed by atoms with E-state index < -0.39 is 0 Å². The lowest BCUT2D eigenvalue weighted by atomic mass is 9.44. The van der Waals surface area contributed by atoms with Crippen molar-refractivity contribution < 1.29 is 7.65 Å². The van der Waals surface area contributed by atoms with Gasteiger partial charge in [-0.25, -0.2) is 0 Å². The monoisotopic (exact) mass is 329 g/mol. The maximum absolute atomic E-state index is 12.0. The first-order valence-corrected chi connectivity index (χ1v) is 10.1. The van der Waals surface area contributed by atoms with E-state index in [1.165, 1.54) is 31.3 Å². The lowest BCUT2D eigenvalue weighted by molar-refractivity contribution is -0.118. The average Bonchev–Trinajstić information content (AvgIpc) is 2.91. The third kappa shape index (κ3) is 2.03. The van der Waals surface area contributed by atoms with E-state index in [2.05, 4.69) is 26.8 Å². The molecule has 0 aromatic heterocycles. The number of allylic oxidation sites excluding steroid dienone is 1. The van der Waals surface area contributed by atoms with E-state index >= 15 is 0 Å². The second-order valence-electron chi connectivity index (χ2n) is 9.52. The van der Waals surface area contributed by atoms with Gasteiger partial charge < -0.3 is 0 Å². The van der Waals surface area contributed by atoms with Crippen LogP contribution < -0.4 is 0 Å². The molecule has 0 N–H and O–H groups in total. The Morgan fingerprint density at radius 1 is 1.25 bits per heavy atom. The number of nitriles is 1. The van der Waals surface area contributed by atoms with Crippen molar-refractivity contribution >= 4 is 5.78 Å². The van der Waals surface area contributed by atoms with E-state index in [1.54, 1.807) is 0 Å². The first-order valence-electron chi connectivity index (χ1n) is 10.1. The second kappa shape index (κ2) is 5.45. The van der Waals surface area contributed by atoms with Gasteiger partial charge in [0.15, 0.2) is 5.78 Å². The Kier molecular flexibility index (Phi) is 3.72. The van der Waals surface area contributed by atoms with Crippen molar-refractivity contribution in [1.82, 2.24) is 0 Å². The molecule has 0 bridgehead atoms. The van der Waals surface area contributed by atoms with Gasteiger partial charge in [-0.15, -0.1) is 0 Å². The highest BCUT2D eigenvalue weighted by atomic mass is 16.1. The molecule has 4 aliphatic rings. The predicted molar refractivity (Wildman–Crippen MR) is 99.2 cm³/mol. The zero-order valence-corrected chi connectivity index (χ0v) is 15.5. The molecule has 0 unspecified atom stereocenters. The van der Waals surface area contributed by atoms with Gasteiger partial charge in [-0.3, -0.25) is 4.79 Å². The normalized spacial score (nSPS) is 50.3. The van der Waals surface area contributed by atoms with E-state index in [0.717, 1.165) is 43.4 Å². The minimum Gasteiger partial charge on any atom is -0.295 e. The Morgan fingerprint density at radius 2 is 2.04 bits per heavy atom. The highest BCUT2D eigenvalue weighted by molar-refractivity contribution is 5.91. The van der Waals surface area contributed by atoms with Crippen molar-refractivity contribution in [2.75, 3.05) is 0 Å². The standard InChI is InChI=1S/C22H31NO.2H2/c1-4-14-11-16-12-17(24)7-9-22(16,3)19-8-10-21(2)15(13-23)5-6-18(21)20(14)19;;/h12,14-15,18-20H,4-11H2,1-3H3;2*1H/t14-,15-,18+,19+,20+,21-,22+;;/m1../s1. The van der Waals surface area contributed by atoms with Gasteiger partial charge in [-0.1, -0.05) is 32.8 Å². The topological polar surface area (TPSA) is 40.9 Å². The fourth-order valence-electron chi connectivity index (χ4n) is 7.33. The van der Waals surface area contributed by atoms with Gasteiger partial charge in [0, 0.05) is 9.27 Å². The Morgan fingerprint density at radius 3 is 2.75 bits per heavy atom. The van der Waals surface area contributed by atoms with Crippen LogP contribution in [0.2, 0.25) is 0 Å². The lowest BCUT2D eigenvalue weighted by Gasteiger charge is -2.60. The average molecular weight is 330 g/mol. The Hall–Kier alpha value is -1.10. The molecule has 0 aromatic rings. The fourth-order valence-corrected chi connectivity index (χ4v) is 7.33. The lowest BCUT2D eigenvalue weighted by Crippen LogP contribution is -2.53. The first kappa shape index (κ1) is 16.4. The third-order valence-electron chi connectivity index (χ3n) is 8.82. The van der Waals surface area contributed by atoms with Crippen LogP contribution in [0.25, 0.3) is 0 Å². The highest BCUT2D eigenvalue weighted by Gasteiger charge is 2.61. The molecule has 3 fully saturated rings. The summed E-state index contributed by atoms with van der Waals surface area (Å²) < 4.78 is 0. The summed E-state index contributed by atoms with van der Waals surface area (Å²) in [6.45, 7) is 7.20. The third-order valence-corrected chi connectivity index (χ3v) is 8.82. The molecule has 7 atom stereocenters. The van der Waals surface area contributed by atoms with Gasteiger partial charge in [-0.2, -0.15) is 5.26 Å². The van der Waals surface area contributed by atoms with Crippen molar-refractivity contribution in [2.24, 2.45) is 40.4 Å². The number of fused-ring (bicyclic) bond motifs is 5. The number of nitrogens with zero attached hydrogens (tertiary/aromatic N) is 1.